The monoisotopic (exact) mass is 269 g/mol. The van der Waals surface area contributed by atoms with Gasteiger partial charge in [0, 0.05) is 4.92 Å². The molecule has 2 unspecified atom stereocenters. The average Bonchev–Trinajstić information content (AvgIpc) is 2.36. The fraction of sp³-hybridized carbons (Fsp3) is 0.538. The van der Waals surface area contributed by atoms with Crippen LogP contribution >= 0.6 is 0 Å². The van der Waals surface area contributed by atoms with Crippen LogP contribution in [0.2, 0.25) is 0 Å². The Bertz CT molecular complexity index is 460. The molecule has 106 valence electrons. The molecule has 0 saturated carbocycles. The number of methoxy groups -OCH3 is 2. The van der Waals surface area contributed by atoms with Crippen LogP contribution in [-0.4, -0.2) is 36.9 Å². The lowest BCUT2D eigenvalue weighted by atomic mass is 9.78. The lowest BCUT2D eigenvalue weighted by molar-refractivity contribution is -0.492. The molecule has 6 nitrogen and oxygen atoms in total. The van der Waals surface area contributed by atoms with Gasteiger partial charge in [0.15, 0.2) is 11.5 Å². The Morgan fingerprint density at radius 2 is 1.95 bits per heavy atom. The second-order valence-corrected chi connectivity index (χ2v) is 4.65. The van der Waals surface area contributed by atoms with Crippen LogP contribution in [0.1, 0.15) is 19.4 Å². The first kappa shape index (κ1) is 15.2. The molecular formula is C13H19NO5. The Hall–Kier alpha value is -1.82. The molecule has 1 aromatic rings. The molecule has 0 radical (unpaired) electrons. The van der Waals surface area contributed by atoms with Crippen molar-refractivity contribution in [1.29, 1.82) is 0 Å². The molecule has 1 aromatic carbocycles. The molecule has 0 fully saturated rings. The van der Waals surface area contributed by atoms with Gasteiger partial charge in [-0.15, -0.1) is 0 Å². The van der Waals surface area contributed by atoms with E-state index in [2.05, 4.69) is 0 Å². The summed E-state index contributed by atoms with van der Waals surface area (Å²) in [6.45, 7) is 2.84. The van der Waals surface area contributed by atoms with Gasteiger partial charge in [0.05, 0.1) is 25.7 Å². The summed E-state index contributed by atoms with van der Waals surface area (Å²) in [4.78, 5) is 10.4. The number of hydrogen-bond donors (Lipinski definition) is 1. The quantitative estimate of drug-likeness (QED) is 0.627. The number of benzene rings is 1. The van der Waals surface area contributed by atoms with E-state index in [9.17, 15) is 15.2 Å². The van der Waals surface area contributed by atoms with E-state index in [4.69, 9.17) is 9.47 Å². The van der Waals surface area contributed by atoms with E-state index in [1.165, 1.54) is 14.2 Å². The number of aliphatic hydroxyl groups excluding tert-OH is 1. The first-order valence-corrected chi connectivity index (χ1v) is 5.87. The number of ether oxygens (including phenoxy) is 2. The maximum Gasteiger partial charge on any atom is 0.215 e. The zero-order chi connectivity index (χ0) is 14.6. The number of aliphatic hydroxyl groups is 1. The van der Waals surface area contributed by atoms with E-state index >= 15 is 0 Å². The summed E-state index contributed by atoms with van der Waals surface area (Å²) >= 11 is 0. The Labute approximate surface area is 112 Å². The van der Waals surface area contributed by atoms with E-state index in [1.54, 1.807) is 32.0 Å². The van der Waals surface area contributed by atoms with Crippen molar-refractivity contribution >= 4 is 0 Å². The summed E-state index contributed by atoms with van der Waals surface area (Å²) in [7, 11) is 3.01. The Morgan fingerprint density at radius 3 is 2.37 bits per heavy atom. The maximum atomic E-state index is 10.8. The van der Waals surface area contributed by atoms with Crippen molar-refractivity contribution in [3.8, 4) is 11.5 Å². The molecular weight excluding hydrogens is 250 g/mol. The summed E-state index contributed by atoms with van der Waals surface area (Å²) in [5.41, 5.74) is -0.347. The molecule has 19 heavy (non-hydrogen) atoms. The molecule has 6 heteroatoms. The van der Waals surface area contributed by atoms with Crippen molar-refractivity contribution in [1.82, 2.24) is 0 Å². The maximum absolute atomic E-state index is 10.8. The average molecular weight is 269 g/mol. The highest BCUT2D eigenvalue weighted by atomic mass is 16.6. The van der Waals surface area contributed by atoms with Crippen LogP contribution in [0.5, 0.6) is 11.5 Å². The van der Waals surface area contributed by atoms with Gasteiger partial charge >= 0.3 is 0 Å². The lowest BCUT2D eigenvalue weighted by Crippen LogP contribution is -2.41. The summed E-state index contributed by atoms with van der Waals surface area (Å²) < 4.78 is 10.3. The molecule has 2 atom stereocenters. The third kappa shape index (κ3) is 3.14. The fourth-order valence-electron chi connectivity index (χ4n) is 1.92. The molecule has 0 aliphatic carbocycles. The Morgan fingerprint density at radius 1 is 1.37 bits per heavy atom. The van der Waals surface area contributed by atoms with Crippen LogP contribution in [0.4, 0.5) is 0 Å². The zero-order valence-corrected chi connectivity index (χ0v) is 11.5. The van der Waals surface area contributed by atoms with Crippen molar-refractivity contribution in [2.45, 2.75) is 25.4 Å². The van der Waals surface area contributed by atoms with Crippen LogP contribution in [-0.2, 0) is 5.41 Å². The van der Waals surface area contributed by atoms with Gasteiger partial charge in [-0.05, 0) is 31.5 Å². The predicted octanol–water partition coefficient (Wildman–Crippen LogP) is 1.62. The Balaban J connectivity index is 3.27. The first-order valence-electron chi connectivity index (χ1n) is 5.87. The van der Waals surface area contributed by atoms with Crippen LogP contribution in [0, 0.1) is 10.1 Å². The summed E-state index contributed by atoms with van der Waals surface area (Å²) in [6.07, 6.45) is -0.865. The summed E-state index contributed by atoms with van der Waals surface area (Å²) in [5.74, 6) is 1.02. The van der Waals surface area contributed by atoms with Crippen LogP contribution < -0.4 is 9.47 Å². The van der Waals surface area contributed by atoms with Gasteiger partial charge in [-0.25, -0.2) is 0 Å². The minimum Gasteiger partial charge on any atom is -0.493 e. The van der Waals surface area contributed by atoms with Gasteiger partial charge in [-0.2, -0.15) is 0 Å². The molecule has 0 saturated heterocycles. The topological polar surface area (TPSA) is 81.8 Å². The molecule has 0 heterocycles. The summed E-state index contributed by atoms with van der Waals surface area (Å²) in [6, 6.07) is 5.04. The standard InChI is InChI=1S/C13H19NO5/c1-9(15)13(2,8-14(16)17)10-5-6-11(18-3)12(7-10)19-4/h5-7,9,15H,8H2,1-4H3. The zero-order valence-electron chi connectivity index (χ0n) is 11.5. The Kier molecular flexibility index (Phi) is 4.72. The highest BCUT2D eigenvalue weighted by Crippen LogP contribution is 2.35. The van der Waals surface area contributed by atoms with Gasteiger partial charge in [0.1, 0.15) is 0 Å². The van der Waals surface area contributed by atoms with Gasteiger partial charge < -0.3 is 14.6 Å². The van der Waals surface area contributed by atoms with Gasteiger partial charge in [0.2, 0.25) is 6.54 Å². The molecule has 1 N–H and O–H groups in total. The van der Waals surface area contributed by atoms with E-state index in [0.717, 1.165) is 0 Å². The number of hydrogen-bond acceptors (Lipinski definition) is 5. The van der Waals surface area contributed by atoms with Gasteiger partial charge in [0.25, 0.3) is 0 Å². The molecule has 0 amide bonds. The second-order valence-electron chi connectivity index (χ2n) is 4.65. The van der Waals surface area contributed by atoms with Crippen LogP contribution in [0.25, 0.3) is 0 Å². The van der Waals surface area contributed by atoms with E-state index in [1.807, 2.05) is 0 Å². The lowest BCUT2D eigenvalue weighted by Gasteiger charge is -2.29. The molecule has 0 aliphatic rings. The predicted molar refractivity (Wildman–Crippen MR) is 70.4 cm³/mol. The van der Waals surface area contributed by atoms with Crippen molar-refractivity contribution in [2.24, 2.45) is 0 Å². The molecule has 0 aliphatic heterocycles. The van der Waals surface area contributed by atoms with Crippen molar-refractivity contribution in [2.75, 3.05) is 20.8 Å². The van der Waals surface area contributed by atoms with Gasteiger partial charge in [-0.3, -0.25) is 10.1 Å². The molecule has 0 spiro atoms. The minimum atomic E-state index is -0.983. The highest BCUT2D eigenvalue weighted by molar-refractivity contribution is 5.45. The number of nitrogens with zero attached hydrogens (tertiary/aromatic N) is 1. The normalized spacial score (nSPS) is 15.4. The van der Waals surface area contributed by atoms with Crippen molar-refractivity contribution < 1.29 is 19.5 Å². The van der Waals surface area contributed by atoms with E-state index in [0.29, 0.717) is 17.1 Å². The SMILES string of the molecule is COc1ccc(C(C)(C[N+](=O)[O-])C(C)O)cc1OC. The second kappa shape index (κ2) is 5.88. The van der Waals surface area contributed by atoms with E-state index in [-0.39, 0.29) is 6.54 Å². The first-order chi connectivity index (χ1) is 8.85. The highest BCUT2D eigenvalue weighted by Gasteiger charge is 2.38. The molecule has 0 aromatic heterocycles. The number of rotatable bonds is 6. The molecule has 1 rings (SSSR count). The third-order valence-corrected chi connectivity index (χ3v) is 3.42. The van der Waals surface area contributed by atoms with Crippen molar-refractivity contribution in [3.05, 3.63) is 33.9 Å². The third-order valence-electron chi connectivity index (χ3n) is 3.42. The smallest absolute Gasteiger partial charge is 0.215 e. The molecule has 0 bridgehead atoms. The van der Waals surface area contributed by atoms with Crippen LogP contribution in [0.15, 0.2) is 18.2 Å². The van der Waals surface area contributed by atoms with Crippen molar-refractivity contribution in [3.63, 3.8) is 0 Å². The largest absolute Gasteiger partial charge is 0.493 e. The minimum absolute atomic E-state index is 0.361. The number of nitro groups is 1. The van der Waals surface area contributed by atoms with E-state index < -0.39 is 16.4 Å². The summed E-state index contributed by atoms with van der Waals surface area (Å²) in [5, 5.41) is 20.7. The van der Waals surface area contributed by atoms with Crippen LogP contribution in [0.3, 0.4) is 0 Å². The fourth-order valence-corrected chi connectivity index (χ4v) is 1.92. The van der Waals surface area contributed by atoms with Gasteiger partial charge in [-0.1, -0.05) is 6.07 Å².